The number of methoxy groups -OCH3 is 1. The highest BCUT2D eigenvalue weighted by atomic mass is 16.5. The van der Waals surface area contributed by atoms with Crippen LogP contribution in [0.2, 0.25) is 0 Å². The Bertz CT molecular complexity index is 1740. The summed E-state index contributed by atoms with van der Waals surface area (Å²) in [4.78, 5) is 30.0. The molecule has 0 radical (unpaired) electrons. The Kier molecular flexibility index (Phi) is 7.98. The first kappa shape index (κ1) is 28.2. The summed E-state index contributed by atoms with van der Waals surface area (Å²) < 4.78 is 5.41. The zero-order chi connectivity index (χ0) is 29.9. The van der Waals surface area contributed by atoms with Crippen molar-refractivity contribution in [2.45, 2.75) is 25.4 Å². The van der Waals surface area contributed by atoms with Gasteiger partial charge in [0, 0.05) is 62.8 Å². The second-order valence-corrected chi connectivity index (χ2v) is 11.2. The average molecular weight is 577 g/mol. The van der Waals surface area contributed by atoms with Gasteiger partial charge in [-0.15, -0.1) is 0 Å². The van der Waals surface area contributed by atoms with Crippen LogP contribution in [0.3, 0.4) is 0 Å². The van der Waals surface area contributed by atoms with Gasteiger partial charge in [0.05, 0.1) is 23.7 Å². The van der Waals surface area contributed by atoms with E-state index in [2.05, 4.69) is 49.4 Å². The van der Waals surface area contributed by atoms with E-state index in [0.29, 0.717) is 28.3 Å². The number of fused-ring (bicyclic) bond motifs is 1. The van der Waals surface area contributed by atoms with Crippen molar-refractivity contribution in [2.75, 3.05) is 39.2 Å². The molecule has 1 fully saturated rings. The van der Waals surface area contributed by atoms with Crippen LogP contribution in [-0.2, 0) is 6.54 Å². The molecule has 1 amide bonds. The Morgan fingerprint density at radius 1 is 1.05 bits per heavy atom. The molecule has 0 spiro atoms. The van der Waals surface area contributed by atoms with Crippen molar-refractivity contribution < 1.29 is 14.6 Å². The maximum absolute atomic E-state index is 13.2. The molecule has 0 atom stereocenters. The lowest BCUT2D eigenvalue weighted by Gasteiger charge is -2.32. The molecule has 0 unspecified atom stereocenters. The Morgan fingerprint density at radius 2 is 1.84 bits per heavy atom. The van der Waals surface area contributed by atoms with Crippen molar-refractivity contribution in [1.82, 2.24) is 25.2 Å². The number of hydrogen-bond donors (Lipinski definition) is 3. The van der Waals surface area contributed by atoms with Gasteiger partial charge in [-0.2, -0.15) is 0 Å². The van der Waals surface area contributed by atoms with Gasteiger partial charge in [-0.1, -0.05) is 18.2 Å². The Balaban J connectivity index is 1.11. The fourth-order valence-corrected chi connectivity index (χ4v) is 5.61. The standard InChI is InChI=1S/C34H36N6O3/c1-39(2)26-10-6-22(7-11-26)21-40-17-14-25(15-18-40)36-33(42)24-8-12-29-30(20-24)38-32(37-29)28-19-23(9-13-31(28)41)27-5-4-16-35-34(27)43-3/h4-13,16,19-20,25,41H,14-15,17-18,21H2,1-3H3,(H,36,42)(H,37,38). The van der Waals surface area contributed by atoms with Gasteiger partial charge in [0.25, 0.3) is 5.91 Å². The number of piperidine rings is 1. The van der Waals surface area contributed by atoms with Crippen LogP contribution in [0.25, 0.3) is 33.5 Å². The van der Waals surface area contributed by atoms with Crippen LogP contribution in [-0.4, -0.2) is 71.2 Å². The monoisotopic (exact) mass is 576 g/mol. The van der Waals surface area contributed by atoms with Crippen LogP contribution in [0.4, 0.5) is 5.69 Å². The minimum Gasteiger partial charge on any atom is -0.507 e. The zero-order valence-electron chi connectivity index (χ0n) is 24.7. The number of ether oxygens (including phenoxy) is 1. The van der Waals surface area contributed by atoms with Crippen LogP contribution in [0.1, 0.15) is 28.8 Å². The number of rotatable bonds is 8. The molecule has 0 saturated carbocycles. The Morgan fingerprint density at radius 3 is 2.58 bits per heavy atom. The molecule has 5 aromatic rings. The van der Waals surface area contributed by atoms with Gasteiger partial charge in [0.1, 0.15) is 11.6 Å². The van der Waals surface area contributed by atoms with Crippen LogP contribution >= 0.6 is 0 Å². The van der Waals surface area contributed by atoms with Crippen molar-refractivity contribution in [3.8, 4) is 34.1 Å². The molecule has 0 bridgehead atoms. The first-order valence-electron chi connectivity index (χ1n) is 14.5. The molecule has 3 aromatic carbocycles. The minimum atomic E-state index is -0.0932. The van der Waals surface area contributed by atoms with E-state index < -0.39 is 0 Å². The number of likely N-dealkylation sites (tertiary alicyclic amines) is 1. The van der Waals surface area contributed by atoms with Gasteiger partial charge < -0.3 is 25.0 Å². The number of aromatic nitrogens is 3. The fourth-order valence-electron chi connectivity index (χ4n) is 5.61. The summed E-state index contributed by atoms with van der Waals surface area (Å²) >= 11 is 0. The molecule has 1 saturated heterocycles. The molecule has 43 heavy (non-hydrogen) atoms. The first-order chi connectivity index (χ1) is 20.9. The smallest absolute Gasteiger partial charge is 0.251 e. The second-order valence-electron chi connectivity index (χ2n) is 11.2. The topological polar surface area (TPSA) is 107 Å². The van der Waals surface area contributed by atoms with E-state index in [-0.39, 0.29) is 17.7 Å². The molecule has 6 rings (SSSR count). The molecule has 9 heteroatoms. The lowest BCUT2D eigenvalue weighted by molar-refractivity contribution is 0.0909. The van der Waals surface area contributed by atoms with Crippen LogP contribution in [0, 0.1) is 0 Å². The van der Waals surface area contributed by atoms with Gasteiger partial charge >= 0.3 is 0 Å². The predicted molar refractivity (Wildman–Crippen MR) is 170 cm³/mol. The van der Waals surface area contributed by atoms with Gasteiger partial charge in [-0.05, 0) is 78.6 Å². The van der Waals surface area contributed by atoms with Gasteiger partial charge in [0.2, 0.25) is 5.88 Å². The molecule has 1 aliphatic rings. The quantitative estimate of drug-likeness (QED) is 0.225. The molecule has 3 N–H and O–H groups in total. The number of pyridine rings is 1. The summed E-state index contributed by atoms with van der Waals surface area (Å²) in [7, 11) is 5.68. The maximum atomic E-state index is 13.2. The maximum Gasteiger partial charge on any atom is 0.251 e. The number of benzene rings is 3. The van der Waals surface area contributed by atoms with E-state index in [1.165, 1.54) is 11.3 Å². The van der Waals surface area contributed by atoms with E-state index in [1.807, 2.05) is 50.5 Å². The third-order valence-corrected chi connectivity index (χ3v) is 8.05. The normalized spacial score (nSPS) is 14.1. The number of aromatic amines is 1. The minimum absolute atomic E-state index is 0.0932. The van der Waals surface area contributed by atoms with Crippen molar-refractivity contribution in [3.05, 3.63) is 90.1 Å². The third-order valence-electron chi connectivity index (χ3n) is 8.05. The highest BCUT2D eigenvalue weighted by Crippen LogP contribution is 2.35. The molecule has 3 heterocycles. The summed E-state index contributed by atoms with van der Waals surface area (Å²) in [5, 5.41) is 13.9. The van der Waals surface area contributed by atoms with Gasteiger partial charge in [0.15, 0.2) is 0 Å². The van der Waals surface area contributed by atoms with Gasteiger partial charge in [-0.25, -0.2) is 9.97 Å². The number of nitrogens with one attached hydrogen (secondary N) is 2. The number of hydrogen-bond acceptors (Lipinski definition) is 7. The number of amides is 1. The number of anilines is 1. The number of aromatic hydroxyl groups is 1. The Hall–Kier alpha value is -4.89. The molecule has 0 aliphatic carbocycles. The summed E-state index contributed by atoms with van der Waals surface area (Å²) in [5.74, 6) is 1.02. The highest BCUT2D eigenvalue weighted by Gasteiger charge is 2.22. The number of carbonyl (C=O) groups excluding carboxylic acids is 1. The lowest BCUT2D eigenvalue weighted by atomic mass is 10.0. The van der Waals surface area contributed by atoms with Crippen molar-refractivity contribution in [1.29, 1.82) is 0 Å². The van der Waals surface area contributed by atoms with Crippen LogP contribution in [0.5, 0.6) is 11.6 Å². The van der Waals surface area contributed by atoms with E-state index in [4.69, 9.17) is 9.72 Å². The van der Waals surface area contributed by atoms with Crippen LogP contribution < -0.4 is 15.0 Å². The summed E-state index contributed by atoms with van der Waals surface area (Å²) in [6.45, 7) is 2.80. The number of carbonyl (C=O) groups is 1. The van der Waals surface area contributed by atoms with E-state index in [1.54, 1.807) is 25.4 Å². The number of phenolic OH excluding ortho intramolecular Hbond substituents is 1. The van der Waals surface area contributed by atoms with Crippen molar-refractivity contribution in [2.24, 2.45) is 0 Å². The zero-order valence-corrected chi connectivity index (χ0v) is 24.7. The lowest BCUT2D eigenvalue weighted by Crippen LogP contribution is -2.44. The van der Waals surface area contributed by atoms with E-state index in [9.17, 15) is 9.90 Å². The third kappa shape index (κ3) is 6.17. The fraction of sp³-hybridized carbons (Fsp3) is 0.265. The molecular weight excluding hydrogens is 540 g/mol. The first-order valence-corrected chi connectivity index (χ1v) is 14.5. The van der Waals surface area contributed by atoms with Crippen molar-refractivity contribution in [3.63, 3.8) is 0 Å². The molecular formula is C34H36N6O3. The summed E-state index contributed by atoms with van der Waals surface area (Å²) in [5.41, 5.74) is 6.71. The van der Waals surface area contributed by atoms with Crippen LogP contribution in [0.15, 0.2) is 79.0 Å². The largest absolute Gasteiger partial charge is 0.507 e. The number of nitrogens with zero attached hydrogens (tertiary/aromatic N) is 4. The second kappa shape index (κ2) is 12.1. The van der Waals surface area contributed by atoms with Crippen molar-refractivity contribution >= 4 is 22.6 Å². The Labute approximate surface area is 251 Å². The van der Waals surface area contributed by atoms with Gasteiger partial charge in [-0.3, -0.25) is 9.69 Å². The molecule has 2 aromatic heterocycles. The van der Waals surface area contributed by atoms with E-state index in [0.717, 1.165) is 49.1 Å². The molecule has 1 aliphatic heterocycles. The average Bonchev–Trinajstić information content (AvgIpc) is 3.46. The SMILES string of the molecule is COc1ncccc1-c1ccc(O)c(-c2nc3ccc(C(=O)NC4CCN(Cc5ccc(N(C)C)cc5)CC4)cc3[nH]2)c1. The molecule has 220 valence electrons. The predicted octanol–water partition coefficient (Wildman–Crippen LogP) is 5.47. The summed E-state index contributed by atoms with van der Waals surface area (Å²) in [6.07, 6.45) is 3.50. The number of phenols is 1. The number of imidazole rings is 1. The molecule has 9 nitrogen and oxygen atoms in total. The number of H-pyrrole nitrogens is 1. The summed E-state index contributed by atoms with van der Waals surface area (Å²) in [6, 6.07) is 23.3. The van der Waals surface area contributed by atoms with E-state index >= 15 is 0 Å². The highest BCUT2D eigenvalue weighted by molar-refractivity contribution is 5.98.